The molecule has 0 saturated heterocycles. The third kappa shape index (κ3) is 4.06. The Kier molecular flexibility index (Phi) is 4.44. The van der Waals surface area contributed by atoms with E-state index in [9.17, 15) is 5.11 Å². The van der Waals surface area contributed by atoms with E-state index in [2.05, 4.69) is 11.8 Å². The van der Waals surface area contributed by atoms with Gasteiger partial charge in [0.2, 0.25) is 0 Å². The fraction of sp³-hybridized carbons (Fsp3) is 0.125. The van der Waals surface area contributed by atoms with Crippen molar-refractivity contribution in [3.63, 3.8) is 0 Å². The smallest absolute Gasteiger partial charge is 0.119 e. The van der Waals surface area contributed by atoms with Gasteiger partial charge in [-0.25, -0.2) is 0 Å². The fourth-order valence-electron chi connectivity index (χ4n) is 1.53. The summed E-state index contributed by atoms with van der Waals surface area (Å²) in [6, 6.07) is 14.2. The summed E-state index contributed by atoms with van der Waals surface area (Å²) in [5.41, 5.74) is 1.83. The highest BCUT2D eigenvalue weighted by Gasteiger charge is 1.96. The van der Waals surface area contributed by atoms with Gasteiger partial charge in [0.25, 0.3) is 0 Å². The van der Waals surface area contributed by atoms with Crippen molar-refractivity contribution < 1.29 is 14.9 Å². The van der Waals surface area contributed by atoms with Crippen LogP contribution in [-0.2, 0) is 6.61 Å². The van der Waals surface area contributed by atoms with Gasteiger partial charge in [-0.3, -0.25) is 0 Å². The lowest BCUT2D eigenvalue weighted by molar-refractivity contribution is 0.306. The number of ether oxygens (including phenoxy) is 1. The molecule has 0 unspecified atom stereocenters. The first-order valence-corrected chi connectivity index (χ1v) is 5.88. The Morgan fingerprint density at radius 2 is 1.63 bits per heavy atom. The lowest BCUT2D eigenvalue weighted by Crippen LogP contribution is -1.94. The van der Waals surface area contributed by atoms with Crippen LogP contribution in [0.25, 0.3) is 0 Å². The first-order chi connectivity index (χ1) is 9.28. The van der Waals surface area contributed by atoms with Gasteiger partial charge in [0.1, 0.15) is 24.7 Å². The van der Waals surface area contributed by atoms with Gasteiger partial charge < -0.3 is 14.9 Å². The molecule has 0 aliphatic carbocycles. The molecule has 0 saturated carbocycles. The summed E-state index contributed by atoms with van der Waals surface area (Å²) in [7, 11) is 0. The second-order valence-electron chi connectivity index (χ2n) is 3.94. The second kappa shape index (κ2) is 6.48. The van der Waals surface area contributed by atoms with Gasteiger partial charge in [-0.05, 0) is 42.0 Å². The first-order valence-electron chi connectivity index (χ1n) is 5.88. The van der Waals surface area contributed by atoms with Crippen LogP contribution in [0.2, 0.25) is 0 Å². The predicted octanol–water partition coefficient (Wildman–Crippen LogP) is 2.31. The van der Waals surface area contributed by atoms with Crippen LogP contribution in [0.1, 0.15) is 11.1 Å². The molecule has 2 rings (SSSR count). The van der Waals surface area contributed by atoms with Crippen LogP contribution in [0.3, 0.4) is 0 Å². The van der Waals surface area contributed by atoms with E-state index in [0.717, 1.165) is 16.9 Å². The average Bonchev–Trinajstić information content (AvgIpc) is 2.46. The molecule has 19 heavy (non-hydrogen) atoms. The monoisotopic (exact) mass is 254 g/mol. The molecule has 0 radical (unpaired) electrons. The maximum atomic E-state index is 9.17. The molecular weight excluding hydrogens is 240 g/mol. The maximum Gasteiger partial charge on any atom is 0.119 e. The number of aliphatic hydroxyl groups is 1. The largest absolute Gasteiger partial charge is 0.508 e. The molecule has 2 aromatic rings. The molecule has 0 bridgehead atoms. The zero-order chi connectivity index (χ0) is 13.5. The van der Waals surface area contributed by atoms with Gasteiger partial charge >= 0.3 is 0 Å². The van der Waals surface area contributed by atoms with E-state index in [-0.39, 0.29) is 12.4 Å². The molecule has 2 aromatic carbocycles. The van der Waals surface area contributed by atoms with Gasteiger partial charge in [-0.15, -0.1) is 0 Å². The predicted molar refractivity (Wildman–Crippen MR) is 72.8 cm³/mol. The van der Waals surface area contributed by atoms with Crippen LogP contribution in [0.15, 0.2) is 48.5 Å². The number of aliphatic hydroxyl groups excluding tert-OH is 1. The summed E-state index contributed by atoms with van der Waals surface area (Å²) in [4.78, 5) is 0. The minimum atomic E-state index is -0.140. The lowest BCUT2D eigenvalue weighted by atomic mass is 10.2. The first kappa shape index (κ1) is 13.0. The molecule has 0 aliphatic rings. The van der Waals surface area contributed by atoms with E-state index in [1.54, 1.807) is 12.1 Å². The van der Waals surface area contributed by atoms with Crippen molar-refractivity contribution in [3.05, 3.63) is 59.7 Å². The molecule has 0 aromatic heterocycles. The van der Waals surface area contributed by atoms with Crippen molar-refractivity contribution in [1.29, 1.82) is 0 Å². The highest BCUT2D eigenvalue weighted by atomic mass is 16.5. The van der Waals surface area contributed by atoms with Gasteiger partial charge in [-0.2, -0.15) is 0 Å². The van der Waals surface area contributed by atoms with Crippen molar-refractivity contribution >= 4 is 0 Å². The Labute approximate surface area is 112 Å². The van der Waals surface area contributed by atoms with E-state index in [1.807, 2.05) is 36.4 Å². The molecule has 2 N–H and O–H groups in total. The van der Waals surface area contributed by atoms with Crippen molar-refractivity contribution in [2.75, 3.05) is 6.61 Å². The number of benzene rings is 2. The molecule has 0 atom stereocenters. The summed E-state index contributed by atoms with van der Waals surface area (Å²) in [5, 5.41) is 17.8. The Morgan fingerprint density at radius 3 is 2.26 bits per heavy atom. The quantitative estimate of drug-likeness (QED) is 0.826. The molecule has 0 amide bonds. The van der Waals surface area contributed by atoms with Crippen molar-refractivity contribution in [2.24, 2.45) is 0 Å². The van der Waals surface area contributed by atoms with Crippen molar-refractivity contribution in [2.45, 2.75) is 6.61 Å². The van der Waals surface area contributed by atoms with Crippen LogP contribution in [-0.4, -0.2) is 16.8 Å². The molecule has 96 valence electrons. The molecular formula is C16H14O3. The number of hydrogen-bond donors (Lipinski definition) is 2. The fourth-order valence-corrected chi connectivity index (χ4v) is 1.53. The van der Waals surface area contributed by atoms with Crippen LogP contribution in [0.4, 0.5) is 0 Å². The summed E-state index contributed by atoms with van der Waals surface area (Å²) >= 11 is 0. The summed E-state index contributed by atoms with van der Waals surface area (Å²) in [5.74, 6) is 6.40. The van der Waals surface area contributed by atoms with E-state index in [4.69, 9.17) is 9.84 Å². The van der Waals surface area contributed by atoms with E-state index in [0.29, 0.717) is 6.61 Å². The molecule has 3 nitrogen and oxygen atoms in total. The highest BCUT2D eigenvalue weighted by Crippen LogP contribution is 2.15. The SMILES string of the molecule is OCC#Cc1ccc(OCc2ccc(O)cc2)cc1. The van der Waals surface area contributed by atoms with Crippen LogP contribution in [0, 0.1) is 11.8 Å². The van der Waals surface area contributed by atoms with Gasteiger partial charge in [0.05, 0.1) is 0 Å². The number of hydrogen-bond acceptors (Lipinski definition) is 3. The minimum absolute atomic E-state index is 0.140. The van der Waals surface area contributed by atoms with Crippen LogP contribution < -0.4 is 4.74 Å². The maximum absolute atomic E-state index is 9.17. The standard InChI is InChI=1S/C16H14O3/c17-11-1-2-13-5-9-16(10-6-13)19-12-14-3-7-15(18)8-4-14/h3-10,17-18H,11-12H2. The van der Waals surface area contributed by atoms with Crippen LogP contribution in [0.5, 0.6) is 11.5 Å². The minimum Gasteiger partial charge on any atom is -0.508 e. The van der Waals surface area contributed by atoms with E-state index < -0.39 is 0 Å². The Bertz CT molecular complexity index is 574. The normalized spacial score (nSPS) is 9.53. The third-order valence-electron chi connectivity index (χ3n) is 2.51. The van der Waals surface area contributed by atoms with Gasteiger partial charge in [-0.1, -0.05) is 24.0 Å². The molecule has 0 heterocycles. The Hall–Kier alpha value is -2.44. The topological polar surface area (TPSA) is 49.7 Å². The van der Waals surface area contributed by atoms with Crippen molar-refractivity contribution in [3.8, 4) is 23.3 Å². The Balaban J connectivity index is 1.94. The highest BCUT2D eigenvalue weighted by molar-refractivity contribution is 5.38. The number of phenolic OH excluding ortho intramolecular Hbond substituents is 1. The summed E-state index contributed by atoms with van der Waals surface area (Å²) in [6.07, 6.45) is 0. The average molecular weight is 254 g/mol. The van der Waals surface area contributed by atoms with Crippen LogP contribution >= 0.6 is 0 Å². The lowest BCUT2D eigenvalue weighted by Gasteiger charge is -2.06. The zero-order valence-corrected chi connectivity index (χ0v) is 10.3. The number of aromatic hydroxyl groups is 1. The summed E-state index contributed by atoms with van der Waals surface area (Å²) in [6.45, 7) is 0.307. The molecule has 3 heteroatoms. The molecule has 0 aliphatic heterocycles. The van der Waals surface area contributed by atoms with Crippen molar-refractivity contribution in [1.82, 2.24) is 0 Å². The molecule has 0 spiro atoms. The van der Waals surface area contributed by atoms with Gasteiger partial charge in [0, 0.05) is 5.56 Å². The van der Waals surface area contributed by atoms with Gasteiger partial charge in [0.15, 0.2) is 0 Å². The number of rotatable bonds is 3. The Morgan fingerprint density at radius 1 is 0.947 bits per heavy atom. The molecule has 0 fully saturated rings. The second-order valence-corrected chi connectivity index (χ2v) is 3.94. The zero-order valence-electron chi connectivity index (χ0n) is 10.3. The van der Waals surface area contributed by atoms with E-state index >= 15 is 0 Å². The van der Waals surface area contributed by atoms with E-state index in [1.165, 1.54) is 0 Å². The summed E-state index contributed by atoms with van der Waals surface area (Å²) < 4.78 is 5.61. The number of phenols is 1. The third-order valence-corrected chi connectivity index (χ3v) is 2.51.